The van der Waals surface area contributed by atoms with Gasteiger partial charge >= 0.3 is 0 Å². The molecule has 2 fully saturated rings. The molecule has 1 N–H and O–H groups in total. The van der Waals surface area contributed by atoms with Crippen molar-refractivity contribution in [2.24, 2.45) is 5.92 Å². The van der Waals surface area contributed by atoms with Gasteiger partial charge in [0.1, 0.15) is 11.5 Å². The van der Waals surface area contributed by atoms with Gasteiger partial charge in [-0.15, -0.1) is 0 Å². The number of carbonyl (C=O) groups is 1. The van der Waals surface area contributed by atoms with Crippen molar-refractivity contribution < 1.29 is 19.4 Å². The van der Waals surface area contributed by atoms with Crippen LogP contribution in [0.2, 0.25) is 0 Å². The average molecular weight is 424 g/mol. The Balaban J connectivity index is 1.66. The van der Waals surface area contributed by atoms with Gasteiger partial charge in [-0.1, -0.05) is 43.2 Å². The van der Waals surface area contributed by atoms with Crippen LogP contribution in [0.15, 0.2) is 48.5 Å². The second kappa shape index (κ2) is 9.31. The molecule has 1 saturated heterocycles. The molecule has 1 amide bonds. The van der Waals surface area contributed by atoms with Crippen LogP contribution in [-0.2, 0) is 11.2 Å². The Hall–Kier alpha value is -2.53. The lowest BCUT2D eigenvalue weighted by Gasteiger charge is -2.52. The Morgan fingerprint density at radius 2 is 1.90 bits per heavy atom. The summed E-state index contributed by atoms with van der Waals surface area (Å²) in [4.78, 5) is 15.4. The van der Waals surface area contributed by atoms with Crippen LogP contribution in [0.1, 0.15) is 55.7 Å². The van der Waals surface area contributed by atoms with Gasteiger partial charge in [0.25, 0.3) is 0 Å². The van der Waals surface area contributed by atoms with E-state index in [9.17, 15) is 9.90 Å². The molecule has 2 aromatic carbocycles. The number of ether oxygens (including phenoxy) is 2. The first-order valence-corrected chi connectivity index (χ1v) is 11.3. The molecule has 2 aromatic rings. The first-order chi connectivity index (χ1) is 15.1. The van der Waals surface area contributed by atoms with Crippen molar-refractivity contribution in [3.05, 3.63) is 59.7 Å². The molecule has 1 saturated carbocycles. The SMILES string of the molecule is COc1ccc([C@H]2C3CCCCC3(O)CCN2C(=O)CCc2ccccc2)c(OC)c1. The third-order valence-corrected chi connectivity index (χ3v) is 7.12. The molecule has 5 heteroatoms. The first-order valence-electron chi connectivity index (χ1n) is 11.3. The molecule has 0 spiro atoms. The summed E-state index contributed by atoms with van der Waals surface area (Å²) in [5.41, 5.74) is 1.41. The van der Waals surface area contributed by atoms with Crippen LogP contribution in [0.5, 0.6) is 11.5 Å². The van der Waals surface area contributed by atoms with Gasteiger partial charge in [-0.2, -0.15) is 0 Å². The highest BCUT2D eigenvalue weighted by atomic mass is 16.5. The maximum Gasteiger partial charge on any atom is 0.223 e. The van der Waals surface area contributed by atoms with Gasteiger partial charge in [-0.05, 0) is 43.4 Å². The summed E-state index contributed by atoms with van der Waals surface area (Å²) in [6.07, 6.45) is 5.67. The van der Waals surface area contributed by atoms with Crippen LogP contribution in [0.4, 0.5) is 0 Å². The number of nitrogens with zero attached hydrogens (tertiary/aromatic N) is 1. The van der Waals surface area contributed by atoms with E-state index >= 15 is 0 Å². The number of piperidine rings is 1. The van der Waals surface area contributed by atoms with Crippen LogP contribution in [-0.4, -0.2) is 42.3 Å². The number of carbonyl (C=O) groups excluding carboxylic acids is 1. The topological polar surface area (TPSA) is 59.0 Å². The molecule has 4 rings (SSSR count). The highest BCUT2D eigenvalue weighted by molar-refractivity contribution is 5.77. The largest absolute Gasteiger partial charge is 0.497 e. The maximum atomic E-state index is 13.4. The van der Waals surface area contributed by atoms with Gasteiger partial charge < -0.3 is 19.5 Å². The van der Waals surface area contributed by atoms with Gasteiger partial charge in [-0.3, -0.25) is 4.79 Å². The second-order valence-electron chi connectivity index (χ2n) is 8.83. The van der Waals surface area contributed by atoms with Gasteiger partial charge in [-0.25, -0.2) is 0 Å². The number of likely N-dealkylation sites (tertiary alicyclic amines) is 1. The van der Waals surface area contributed by atoms with E-state index in [4.69, 9.17) is 9.47 Å². The fourth-order valence-corrected chi connectivity index (χ4v) is 5.45. The summed E-state index contributed by atoms with van der Waals surface area (Å²) < 4.78 is 11.1. The third kappa shape index (κ3) is 4.42. The predicted octanol–water partition coefficient (Wildman–Crippen LogP) is 4.53. The lowest BCUT2D eigenvalue weighted by molar-refractivity contribution is -0.155. The monoisotopic (exact) mass is 423 g/mol. The zero-order chi connectivity index (χ0) is 21.8. The summed E-state index contributed by atoms with van der Waals surface area (Å²) in [6.45, 7) is 0.570. The van der Waals surface area contributed by atoms with Crippen molar-refractivity contribution in [2.75, 3.05) is 20.8 Å². The Labute approximate surface area is 185 Å². The number of fused-ring (bicyclic) bond motifs is 1. The van der Waals surface area contributed by atoms with Crippen LogP contribution in [0.3, 0.4) is 0 Å². The Morgan fingerprint density at radius 3 is 2.65 bits per heavy atom. The van der Waals surface area contributed by atoms with Gasteiger partial charge in [0.15, 0.2) is 0 Å². The molecular formula is C26H33NO4. The smallest absolute Gasteiger partial charge is 0.223 e. The number of benzene rings is 2. The molecular weight excluding hydrogens is 390 g/mol. The summed E-state index contributed by atoms with van der Waals surface area (Å²) in [6, 6.07) is 15.7. The van der Waals surface area contributed by atoms with Crippen molar-refractivity contribution in [2.45, 2.75) is 56.6 Å². The van der Waals surface area contributed by atoms with E-state index in [1.165, 1.54) is 5.56 Å². The molecule has 2 aliphatic rings. The summed E-state index contributed by atoms with van der Waals surface area (Å²) in [7, 11) is 3.28. The zero-order valence-electron chi connectivity index (χ0n) is 18.5. The van der Waals surface area contributed by atoms with Crippen molar-refractivity contribution >= 4 is 5.91 Å². The number of amides is 1. The minimum atomic E-state index is -0.718. The van der Waals surface area contributed by atoms with E-state index in [1.807, 2.05) is 41.3 Å². The van der Waals surface area contributed by atoms with E-state index in [1.54, 1.807) is 14.2 Å². The molecule has 1 aliphatic heterocycles. The minimum Gasteiger partial charge on any atom is -0.497 e. The highest BCUT2D eigenvalue weighted by Crippen LogP contribution is 2.51. The van der Waals surface area contributed by atoms with Crippen LogP contribution < -0.4 is 9.47 Å². The number of aryl methyl sites for hydroxylation is 1. The molecule has 5 nitrogen and oxygen atoms in total. The Morgan fingerprint density at radius 1 is 1.10 bits per heavy atom. The van der Waals surface area contributed by atoms with Crippen molar-refractivity contribution in [1.82, 2.24) is 4.90 Å². The van der Waals surface area contributed by atoms with Crippen LogP contribution in [0, 0.1) is 5.92 Å². The zero-order valence-corrected chi connectivity index (χ0v) is 18.5. The van der Waals surface area contributed by atoms with Crippen molar-refractivity contribution in [1.29, 1.82) is 0 Å². The fraction of sp³-hybridized carbons (Fsp3) is 0.500. The molecule has 31 heavy (non-hydrogen) atoms. The van der Waals surface area contributed by atoms with Gasteiger partial charge in [0, 0.05) is 30.5 Å². The first kappa shape index (κ1) is 21.7. The fourth-order valence-electron chi connectivity index (χ4n) is 5.45. The predicted molar refractivity (Wildman–Crippen MR) is 120 cm³/mol. The van der Waals surface area contributed by atoms with Crippen LogP contribution >= 0.6 is 0 Å². The van der Waals surface area contributed by atoms with Crippen molar-refractivity contribution in [3.8, 4) is 11.5 Å². The number of hydrogen-bond donors (Lipinski definition) is 1. The summed E-state index contributed by atoms with van der Waals surface area (Å²) in [5, 5.41) is 11.5. The lowest BCUT2D eigenvalue weighted by Crippen LogP contribution is -2.56. The van der Waals surface area contributed by atoms with Gasteiger partial charge in [0.05, 0.1) is 25.9 Å². The number of rotatable bonds is 6. The Bertz CT molecular complexity index is 900. The summed E-state index contributed by atoms with van der Waals surface area (Å²) >= 11 is 0. The molecule has 0 radical (unpaired) electrons. The molecule has 2 unspecified atom stereocenters. The number of aliphatic hydroxyl groups is 1. The molecule has 3 atom stereocenters. The molecule has 0 bridgehead atoms. The van der Waals surface area contributed by atoms with E-state index in [0.29, 0.717) is 25.1 Å². The number of methoxy groups -OCH3 is 2. The molecule has 166 valence electrons. The van der Waals surface area contributed by atoms with E-state index in [-0.39, 0.29) is 17.9 Å². The maximum absolute atomic E-state index is 13.4. The number of hydrogen-bond acceptors (Lipinski definition) is 4. The highest BCUT2D eigenvalue weighted by Gasteiger charge is 2.50. The van der Waals surface area contributed by atoms with E-state index in [2.05, 4.69) is 12.1 Å². The second-order valence-corrected chi connectivity index (χ2v) is 8.83. The van der Waals surface area contributed by atoms with Crippen molar-refractivity contribution in [3.63, 3.8) is 0 Å². The molecule has 0 aromatic heterocycles. The normalized spacial score (nSPS) is 25.6. The third-order valence-electron chi connectivity index (χ3n) is 7.12. The lowest BCUT2D eigenvalue weighted by atomic mass is 9.66. The van der Waals surface area contributed by atoms with Gasteiger partial charge in [0.2, 0.25) is 5.91 Å². The summed E-state index contributed by atoms with van der Waals surface area (Å²) in [5.74, 6) is 1.58. The van der Waals surface area contributed by atoms with Crippen LogP contribution in [0.25, 0.3) is 0 Å². The standard InChI is InChI=1S/C26H33NO4/c1-30-20-12-13-21(23(18-20)31-2)25-22-10-6-7-15-26(22,29)16-17-27(25)24(28)14-11-19-8-4-3-5-9-19/h3-5,8-9,12-13,18,22,25,29H,6-7,10-11,14-17H2,1-2H3/t22?,25-,26?/m0/s1. The molecule has 1 aliphatic carbocycles. The quantitative estimate of drug-likeness (QED) is 0.742. The minimum absolute atomic E-state index is 0.0120. The van der Waals surface area contributed by atoms with E-state index in [0.717, 1.165) is 43.4 Å². The molecule has 1 heterocycles. The van der Waals surface area contributed by atoms with E-state index < -0.39 is 5.60 Å². The Kier molecular flexibility index (Phi) is 6.51. The average Bonchev–Trinajstić information content (AvgIpc) is 2.81.